The molecule has 192 valence electrons. The predicted molar refractivity (Wildman–Crippen MR) is 105 cm³/mol. The lowest BCUT2D eigenvalue weighted by molar-refractivity contribution is -0.142. The Morgan fingerprint density at radius 3 is 1.91 bits per heavy atom. The van der Waals surface area contributed by atoms with E-state index in [9.17, 15) is 44.3 Å². The molecule has 0 amide bonds. The van der Waals surface area contributed by atoms with Crippen LogP contribution in [-0.2, 0) is 29.9 Å². The van der Waals surface area contributed by atoms with E-state index in [1.165, 1.54) is 9.80 Å². The number of carboxylic acid groups (broad SMARTS) is 1. The van der Waals surface area contributed by atoms with Gasteiger partial charge in [-0.05, 0) is 41.5 Å². The Morgan fingerprint density at radius 2 is 1.40 bits per heavy atom. The summed E-state index contributed by atoms with van der Waals surface area (Å²) in [5.41, 5.74) is -3.87. The van der Waals surface area contributed by atoms with E-state index in [1.54, 1.807) is 0 Å². The van der Waals surface area contributed by atoms with Crippen LogP contribution in [-0.4, -0.2) is 47.1 Å². The zero-order valence-electron chi connectivity index (χ0n) is 17.8. The standard InChI is InChI=1S/C22H19F9N2O2/c23-20(24,25)15-3-1-13(2-4-15)18-11-32(12-19(34)35)7-8-33(18)10-14-9-16(21(26,27)28)5-6-17(14)22(29,30)31/h1-6,9,18H,7-8,10-12H2,(H,34,35). The Kier molecular flexibility index (Phi) is 7.42. The van der Waals surface area contributed by atoms with Crippen molar-refractivity contribution in [3.8, 4) is 0 Å². The van der Waals surface area contributed by atoms with Gasteiger partial charge < -0.3 is 5.11 Å². The minimum Gasteiger partial charge on any atom is -0.480 e. The van der Waals surface area contributed by atoms with Gasteiger partial charge in [0.1, 0.15) is 0 Å². The van der Waals surface area contributed by atoms with E-state index in [0.717, 1.165) is 24.3 Å². The molecule has 13 heteroatoms. The molecule has 1 aliphatic heterocycles. The predicted octanol–water partition coefficient (Wildman–Crippen LogP) is 5.69. The topological polar surface area (TPSA) is 43.8 Å². The van der Waals surface area contributed by atoms with Crippen LogP contribution in [0.1, 0.15) is 33.9 Å². The molecule has 2 aromatic rings. The van der Waals surface area contributed by atoms with E-state index in [1.807, 2.05) is 0 Å². The fraction of sp³-hybridized carbons (Fsp3) is 0.409. The highest BCUT2D eigenvalue weighted by atomic mass is 19.4. The van der Waals surface area contributed by atoms with Gasteiger partial charge in [-0.2, -0.15) is 39.5 Å². The number of halogens is 9. The minimum absolute atomic E-state index is 0.0213. The van der Waals surface area contributed by atoms with E-state index in [2.05, 4.69) is 0 Å². The van der Waals surface area contributed by atoms with E-state index < -0.39 is 65.9 Å². The van der Waals surface area contributed by atoms with E-state index in [0.29, 0.717) is 18.2 Å². The van der Waals surface area contributed by atoms with Crippen molar-refractivity contribution in [1.29, 1.82) is 0 Å². The maximum Gasteiger partial charge on any atom is 0.416 e. The average molecular weight is 514 g/mol. The minimum atomic E-state index is -4.94. The number of hydrogen-bond donors (Lipinski definition) is 1. The molecule has 3 rings (SSSR count). The van der Waals surface area contributed by atoms with Crippen molar-refractivity contribution in [3.05, 3.63) is 70.3 Å². The number of carboxylic acids is 1. The second-order valence-electron chi connectivity index (χ2n) is 8.10. The number of aliphatic carboxylic acids is 1. The van der Waals surface area contributed by atoms with Crippen LogP contribution in [0.3, 0.4) is 0 Å². The molecule has 0 aromatic heterocycles. The second kappa shape index (κ2) is 9.69. The van der Waals surface area contributed by atoms with Crippen molar-refractivity contribution < 1.29 is 49.4 Å². The maximum absolute atomic E-state index is 13.5. The van der Waals surface area contributed by atoms with Crippen molar-refractivity contribution in [2.75, 3.05) is 26.2 Å². The summed E-state index contributed by atoms with van der Waals surface area (Å²) in [6, 6.07) is 4.07. The van der Waals surface area contributed by atoms with Crippen LogP contribution >= 0.6 is 0 Å². The Morgan fingerprint density at radius 1 is 0.829 bits per heavy atom. The molecule has 0 spiro atoms. The summed E-state index contributed by atoms with van der Waals surface area (Å²) in [7, 11) is 0. The van der Waals surface area contributed by atoms with E-state index in [4.69, 9.17) is 5.11 Å². The molecule has 1 saturated heterocycles. The van der Waals surface area contributed by atoms with Gasteiger partial charge in [0.2, 0.25) is 0 Å². The molecule has 1 unspecified atom stereocenters. The zero-order valence-corrected chi connectivity index (χ0v) is 17.8. The van der Waals surface area contributed by atoms with Gasteiger partial charge in [-0.3, -0.25) is 14.6 Å². The summed E-state index contributed by atoms with van der Waals surface area (Å²) in [6.07, 6.45) is -14.4. The monoisotopic (exact) mass is 514 g/mol. The lowest BCUT2D eigenvalue weighted by atomic mass is 9.97. The van der Waals surface area contributed by atoms with Gasteiger partial charge in [0, 0.05) is 32.2 Å². The van der Waals surface area contributed by atoms with Crippen molar-refractivity contribution in [2.24, 2.45) is 0 Å². The fourth-order valence-electron chi connectivity index (χ4n) is 4.01. The molecule has 2 aromatic carbocycles. The Balaban J connectivity index is 1.99. The first-order valence-corrected chi connectivity index (χ1v) is 10.2. The molecule has 35 heavy (non-hydrogen) atoms. The van der Waals surface area contributed by atoms with E-state index in [-0.39, 0.29) is 25.2 Å². The molecule has 0 radical (unpaired) electrons. The number of carbonyl (C=O) groups is 1. The fourth-order valence-corrected chi connectivity index (χ4v) is 4.01. The van der Waals surface area contributed by atoms with E-state index >= 15 is 0 Å². The van der Waals surface area contributed by atoms with Gasteiger partial charge in [-0.25, -0.2) is 0 Å². The molecule has 4 nitrogen and oxygen atoms in total. The quantitative estimate of drug-likeness (QED) is 0.521. The largest absolute Gasteiger partial charge is 0.480 e. The Hall–Kier alpha value is -2.80. The first-order valence-electron chi connectivity index (χ1n) is 10.2. The van der Waals surface area contributed by atoms with Crippen LogP contribution in [0.15, 0.2) is 42.5 Å². The molecule has 0 aliphatic carbocycles. The lowest BCUT2D eigenvalue weighted by Crippen LogP contribution is -2.49. The van der Waals surface area contributed by atoms with Crippen molar-refractivity contribution in [1.82, 2.24) is 9.80 Å². The Labute approximate surface area is 193 Å². The van der Waals surface area contributed by atoms with Crippen LogP contribution in [0, 0.1) is 0 Å². The van der Waals surface area contributed by atoms with Crippen LogP contribution < -0.4 is 0 Å². The number of alkyl halides is 9. The summed E-state index contributed by atoms with van der Waals surface area (Å²) in [4.78, 5) is 14.0. The lowest BCUT2D eigenvalue weighted by Gasteiger charge is -2.41. The van der Waals surface area contributed by atoms with Gasteiger partial charge in [0.25, 0.3) is 0 Å². The number of benzene rings is 2. The first-order chi connectivity index (χ1) is 16.1. The van der Waals surface area contributed by atoms with Gasteiger partial charge in [-0.15, -0.1) is 0 Å². The molecule has 1 atom stereocenters. The summed E-state index contributed by atoms with van der Waals surface area (Å²) < 4.78 is 119. The average Bonchev–Trinajstić information content (AvgIpc) is 2.72. The van der Waals surface area contributed by atoms with Crippen LogP contribution in [0.25, 0.3) is 0 Å². The maximum atomic E-state index is 13.5. The summed E-state index contributed by atoms with van der Waals surface area (Å²) >= 11 is 0. The highest BCUT2D eigenvalue weighted by molar-refractivity contribution is 5.69. The van der Waals surface area contributed by atoms with Gasteiger partial charge in [-0.1, -0.05) is 12.1 Å². The van der Waals surface area contributed by atoms with Crippen LogP contribution in [0.2, 0.25) is 0 Å². The molecule has 1 N–H and O–H groups in total. The molecular weight excluding hydrogens is 495 g/mol. The third kappa shape index (κ3) is 6.66. The van der Waals surface area contributed by atoms with Crippen molar-refractivity contribution in [3.63, 3.8) is 0 Å². The molecule has 1 fully saturated rings. The van der Waals surface area contributed by atoms with Crippen molar-refractivity contribution in [2.45, 2.75) is 31.1 Å². The normalized spacial score (nSPS) is 18.6. The smallest absolute Gasteiger partial charge is 0.416 e. The van der Waals surface area contributed by atoms with Gasteiger partial charge in [0.05, 0.1) is 23.2 Å². The third-order valence-corrected chi connectivity index (χ3v) is 5.67. The molecule has 1 aliphatic rings. The number of hydrogen-bond acceptors (Lipinski definition) is 3. The van der Waals surface area contributed by atoms with Crippen molar-refractivity contribution >= 4 is 5.97 Å². The van der Waals surface area contributed by atoms with Gasteiger partial charge >= 0.3 is 24.5 Å². The highest BCUT2D eigenvalue weighted by Gasteiger charge is 2.39. The first kappa shape index (κ1) is 26.8. The molecule has 0 saturated carbocycles. The van der Waals surface area contributed by atoms with Crippen LogP contribution in [0.5, 0.6) is 0 Å². The van der Waals surface area contributed by atoms with Gasteiger partial charge in [0.15, 0.2) is 0 Å². The summed E-state index contributed by atoms with van der Waals surface area (Å²) in [6.45, 7) is -0.984. The second-order valence-corrected chi connectivity index (χ2v) is 8.10. The molecule has 1 heterocycles. The molecule has 0 bridgehead atoms. The number of nitrogens with zero attached hydrogens (tertiary/aromatic N) is 2. The summed E-state index contributed by atoms with van der Waals surface area (Å²) in [5.74, 6) is -1.18. The third-order valence-electron chi connectivity index (χ3n) is 5.67. The number of rotatable bonds is 5. The van der Waals surface area contributed by atoms with Crippen LogP contribution in [0.4, 0.5) is 39.5 Å². The highest BCUT2D eigenvalue weighted by Crippen LogP contribution is 2.38. The Bertz CT molecular complexity index is 1050. The summed E-state index contributed by atoms with van der Waals surface area (Å²) in [5, 5.41) is 9.07. The molecular formula is C22H19F9N2O2. The SMILES string of the molecule is O=C(O)CN1CCN(Cc2cc(C(F)(F)F)ccc2C(F)(F)F)C(c2ccc(C(F)(F)F)cc2)C1. The number of piperazine rings is 1. The zero-order chi connectivity index (χ0) is 26.2.